The topological polar surface area (TPSA) is 78.5 Å². The van der Waals surface area contributed by atoms with E-state index in [4.69, 9.17) is 23.2 Å². The summed E-state index contributed by atoms with van der Waals surface area (Å²) in [5.74, 6) is 0. The molecular formula is C15H13Cl2N3O3S. The molecule has 0 fully saturated rings. The van der Waals surface area contributed by atoms with Crippen LogP contribution in [0.25, 0.3) is 0 Å². The van der Waals surface area contributed by atoms with Crippen LogP contribution < -0.4 is 10.0 Å². The van der Waals surface area contributed by atoms with Gasteiger partial charge in [0.2, 0.25) is 0 Å². The fourth-order valence-electron chi connectivity index (χ4n) is 2.39. The van der Waals surface area contributed by atoms with Crippen LogP contribution >= 0.6 is 23.2 Å². The Balaban J connectivity index is 1.94. The molecule has 6 nitrogen and oxygen atoms in total. The first-order valence-corrected chi connectivity index (χ1v) is 9.14. The number of carbonyl (C=O) groups excluding carboxylic acids is 1. The minimum Gasteiger partial charge on any atom is -0.323 e. The lowest BCUT2D eigenvalue weighted by Gasteiger charge is -2.26. The highest BCUT2D eigenvalue weighted by Gasteiger charge is 2.23. The lowest BCUT2D eigenvalue weighted by molar-refractivity contribution is 0.218. The van der Waals surface area contributed by atoms with Crippen molar-refractivity contribution in [1.29, 1.82) is 0 Å². The highest BCUT2D eigenvalue weighted by molar-refractivity contribution is 7.93. The number of urea groups is 1. The molecule has 24 heavy (non-hydrogen) atoms. The summed E-state index contributed by atoms with van der Waals surface area (Å²) in [7, 11) is -2.29. The summed E-state index contributed by atoms with van der Waals surface area (Å²) in [6.07, 6.45) is 0. The number of nitrogens with zero attached hydrogens (tertiary/aromatic N) is 1. The molecule has 0 unspecified atom stereocenters. The molecule has 0 aliphatic carbocycles. The van der Waals surface area contributed by atoms with Crippen LogP contribution in [0.5, 0.6) is 0 Å². The van der Waals surface area contributed by atoms with Gasteiger partial charge >= 0.3 is 6.03 Å². The lowest BCUT2D eigenvalue weighted by Crippen LogP contribution is -2.35. The molecule has 0 saturated carbocycles. The number of nitrogens with one attached hydrogen (secondary N) is 2. The van der Waals surface area contributed by atoms with Gasteiger partial charge in [-0.3, -0.25) is 4.72 Å². The molecule has 0 radical (unpaired) electrons. The molecule has 126 valence electrons. The van der Waals surface area contributed by atoms with E-state index in [0.29, 0.717) is 17.9 Å². The Kier molecular flexibility index (Phi) is 4.33. The summed E-state index contributed by atoms with van der Waals surface area (Å²) in [6, 6.07) is 9.14. The standard InChI is InChI=1S/C15H13Cl2N3O3S/c1-20-8-9-7-10(5-6-13(9)18-15(20)21)19-24(22,23)14-11(16)3-2-4-12(14)17/h2-7,19H,8H2,1H3,(H,18,21). The van der Waals surface area contributed by atoms with Gasteiger partial charge < -0.3 is 10.2 Å². The highest BCUT2D eigenvalue weighted by atomic mass is 35.5. The van der Waals surface area contributed by atoms with E-state index in [0.717, 1.165) is 5.56 Å². The van der Waals surface area contributed by atoms with Gasteiger partial charge in [0.15, 0.2) is 0 Å². The maximum absolute atomic E-state index is 12.6. The normalized spacial score (nSPS) is 14.1. The van der Waals surface area contributed by atoms with E-state index in [2.05, 4.69) is 10.0 Å². The number of carbonyl (C=O) groups is 1. The van der Waals surface area contributed by atoms with Gasteiger partial charge in [-0.15, -0.1) is 0 Å². The number of sulfonamides is 1. The Bertz CT molecular complexity index is 911. The Morgan fingerprint density at radius 1 is 1.17 bits per heavy atom. The Morgan fingerprint density at radius 2 is 1.83 bits per heavy atom. The minimum atomic E-state index is -3.94. The van der Waals surface area contributed by atoms with Gasteiger partial charge in [0, 0.05) is 25.0 Å². The van der Waals surface area contributed by atoms with Crippen LogP contribution in [0.4, 0.5) is 16.2 Å². The summed E-state index contributed by atoms with van der Waals surface area (Å²) in [5.41, 5.74) is 1.80. The Morgan fingerprint density at radius 3 is 2.50 bits per heavy atom. The fourth-order valence-corrected chi connectivity index (χ4v) is 4.59. The van der Waals surface area contributed by atoms with Gasteiger partial charge in [-0.05, 0) is 35.9 Å². The van der Waals surface area contributed by atoms with Gasteiger partial charge in [0.25, 0.3) is 10.0 Å². The van der Waals surface area contributed by atoms with E-state index in [9.17, 15) is 13.2 Å². The van der Waals surface area contributed by atoms with Crippen LogP contribution in [0.15, 0.2) is 41.3 Å². The summed E-state index contributed by atoms with van der Waals surface area (Å²) in [5, 5.41) is 2.80. The second-order valence-corrected chi connectivity index (χ2v) is 7.75. The summed E-state index contributed by atoms with van der Waals surface area (Å²) in [6.45, 7) is 0.379. The van der Waals surface area contributed by atoms with Crippen molar-refractivity contribution in [2.45, 2.75) is 11.4 Å². The molecule has 1 aliphatic heterocycles. The second-order valence-electron chi connectivity index (χ2n) is 5.31. The maximum Gasteiger partial charge on any atom is 0.321 e. The van der Waals surface area contributed by atoms with Gasteiger partial charge in [-0.25, -0.2) is 13.2 Å². The third-order valence-electron chi connectivity index (χ3n) is 3.54. The van der Waals surface area contributed by atoms with E-state index in [1.54, 1.807) is 31.3 Å². The van der Waals surface area contributed by atoms with Gasteiger partial charge in [0.1, 0.15) is 4.90 Å². The zero-order valence-electron chi connectivity index (χ0n) is 12.5. The molecule has 9 heteroatoms. The van der Waals surface area contributed by atoms with E-state index in [1.807, 2.05) is 0 Å². The SMILES string of the molecule is CN1Cc2cc(NS(=O)(=O)c3c(Cl)cccc3Cl)ccc2NC1=O. The zero-order chi connectivity index (χ0) is 17.5. The lowest BCUT2D eigenvalue weighted by atomic mass is 10.1. The van der Waals surface area contributed by atoms with Crippen molar-refractivity contribution in [3.05, 3.63) is 52.0 Å². The van der Waals surface area contributed by atoms with Gasteiger partial charge in [-0.1, -0.05) is 29.3 Å². The predicted molar refractivity (Wildman–Crippen MR) is 94.2 cm³/mol. The van der Waals surface area contributed by atoms with Crippen molar-refractivity contribution in [2.75, 3.05) is 17.1 Å². The van der Waals surface area contributed by atoms with Crippen LogP contribution in [-0.2, 0) is 16.6 Å². The van der Waals surface area contributed by atoms with E-state index >= 15 is 0 Å². The Labute approximate surface area is 149 Å². The van der Waals surface area contributed by atoms with Gasteiger partial charge in [-0.2, -0.15) is 0 Å². The third-order valence-corrected chi connectivity index (χ3v) is 5.88. The van der Waals surface area contributed by atoms with E-state index in [-0.39, 0.29) is 21.0 Å². The van der Waals surface area contributed by atoms with Crippen LogP contribution in [0.1, 0.15) is 5.56 Å². The smallest absolute Gasteiger partial charge is 0.321 e. The fraction of sp³-hybridized carbons (Fsp3) is 0.133. The number of amides is 2. The number of anilines is 2. The highest BCUT2D eigenvalue weighted by Crippen LogP contribution is 2.32. The summed E-state index contributed by atoms with van der Waals surface area (Å²) in [4.78, 5) is 12.9. The molecule has 0 saturated heterocycles. The number of rotatable bonds is 3. The molecule has 0 aromatic heterocycles. The molecule has 2 N–H and O–H groups in total. The van der Waals surface area contributed by atoms with Crippen LogP contribution in [-0.4, -0.2) is 26.4 Å². The van der Waals surface area contributed by atoms with Crippen LogP contribution in [0.3, 0.4) is 0 Å². The molecular weight excluding hydrogens is 373 g/mol. The molecule has 0 bridgehead atoms. The maximum atomic E-state index is 12.6. The first kappa shape index (κ1) is 16.9. The number of benzene rings is 2. The van der Waals surface area contributed by atoms with Crippen molar-refractivity contribution in [2.24, 2.45) is 0 Å². The number of hydrogen-bond acceptors (Lipinski definition) is 3. The molecule has 1 heterocycles. The number of halogens is 2. The zero-order valence-corrected chi connectivity index (χ0v) is 14.8. The third kappa shape index (κ3) is 3.15. The summed E-state index contributed by atoms with van der Waals surface area (Å²) >= 11 is 11.9. The van der Waals surface area contributed by atoms with Crippen molar-refractivity contribution in [1.82, 2.24) is 4.90 Å². The first-order valence-electron chi connectivity index (χ1n) is 6.90. The van der Waals surface area contributed by atoms with E-state index < -0.39 is 10.0 Å². The molecule has 0 atom stereocenters. The molecule has 2 aromatic rings. The largest absolute Gasteiger partial charge is 0.323 e. The molecule has 2 aromatic carbocycles. The van der Waals surface area contributed by atoms with Crippen LogP contribution in [0, 0.1) is 0 Å². The molecule has 2 amide bonds. The predicted octanol–water partition coefficient (Wildman–Crippen LogP) is 3.77. The number of fused-ring (bicyclic) bond motifs is 1. The van der Waals surface area contributed by atoms with Gasteiger partial charge in [0.05, 0.1) is 10.0 Å². The number of hydrogen-bond donors (Lipinski definition) is 2. The molecule has 3 rings (SSSR count). The summed E-state index contributed by atoms with van der Waals surface area (Å²) < 4.78 is 27.6. The molecule has 0 spiro atoms. The van der Waals surface area contributed by atoms with Crippen LogP contribution in [0.2, 0.25) is 10.0 Å². The monoisotopic (exact) mass is 385 g/mol. The van der Waals surface area contributed by atoms with E-state index in [1.165, 1.54) is 17.0 Å². The average molecular weight is 386 g/mol. The van der Waals surface area contributed by atoms with Crippen molar-refractivity contribution < 1.29 is 13.2 Å². The van der Waals surface area contributed by atoms with Crippen molar-refractivity contribution in [3.8, 4) is 0 Å². The molecule has 1 aliphatic rings. The quantitative estimate of drug-likeness (QED) is 0.843. The Hall–Kier alpha value is -1.96. The van der Waals surface area contributed by atoms with Crippen molar-refractivity contribution >= 4 is 50.6 Å². The minimum absolute atomic E-state index is 0.0416. The first-order chi connectivity index (χ1) is 11.3. The second kappa shape index (κ2) is 6.16. The van der Waals surface area contributed by atoms with Crippen molar-refractivity contribution in [3.63, 3.8) is 0 Å². The average Bonchev–Trinajstić information content (AvgIpc) is 2.48.